The Bertz CT molecular complexity index is 689. The molecule has 0 aromatic heterocycles. The van der Waals surface area contributed by atoms with Crippen LogP contribution in [0, 0.1) is 13.8 Å². The van der Waals surface area contributed by atoms with Crippen molar-refractivity contribution in [1.82, 2.24) is 0 Å². The monoisotopic (exact) mass is 349 g/mol. The lowest BCUT2D eigenvalue weighted by Crippen LogP contribution is -2.11. The third kappa shape index (κ3) is 4.79. The van der Waals surface area contributed by atoms with E-state index in [0.29, 0.717) is 36.3 Å². The molecule has 2 N–H and O–H groups in total. The van der Waals surface area contributed by atoms with Crippen LogP contribution in [0.5, 0.6) is 17.2 Å². The van der Waals surface area contributed by atoms with Crippen LogP contribution >= 0.6 is 11.6 Å². The van der Waals surface area contributed by atoms with Crippen molar-refractivity contribution in [3.63, 3.8) is 0 Å². The predicted octanol–water partition coefficient (Wildman–Crippen LogP) is 3.92. The van der Waals surface area contributed by atoms with Crippen LogP contribution in [0.3, 0.4) is 0 Å². The fourth-order valence-corrected chi connectivity index (χ4v) is 2.77. The Kier molecular flexibility index (Phi) is 6.76. The second-order valence-electron chi connectivity index (χ2n) is 5.61. The smallest absolute Gasteiger partial charge is 0.179 e. The topological polar surface area (TPSA) is 53.7 Å². The molecule has 0 saturated carbocycles. The van der Waals surface area contributed by atoms with Gasteiger partial charge in [-0.3, -0.25) is 0 Å². The first-order valence-electron chi connectivity index (χ1n) is 7.94. The Hall–Kier alpha value is -1.91. The van der Waals surface area contributed by atoms with Crippen LogP contribution in [-0.4, -0.2) is 26.9 Å². The minimum absolute atomic E-state index is 0.375. The van der Waals surface area contributed by atoms with E-state index in [1.807, 2.05) is 31.2 Å². The first kappa shape index (κ1) is 18.4. The molecule has 0 amide bonds. The van der Waals surface area contributed by atoms with Gasteiger partial charge in [0.1, 0.15) is 19.0 Å². The van der Waals surface area contributed by atoms with E-state index >= 15 is 0 Å². The van der Waals surface area contributed by atoms with E-state index in [4.69, 9.17) is 31.5 Å². The number of rotatable bonds is 8. The van der Waals surface area contributed by atoms with Crippen LogP contribution in [0.2, 0.25) is 5.02 Å². The average molecular weight is 350 g/mol. The molecule has 0 bridgehead atoms. The highest BCUT2D eigenvalue weighted by Crippen LogP contribution is 2.36. The zero-order valence-electron chi connectivity index (χ0n) is 14.4. The maximum absolute atomic E-state index is 6.30. The molecule has 4 nitrogen and oxygen atoms in total. The van der Waals surface area contributed by atoms with E-state index in [9.17, 15) is 0 Å². The van der Waals surface area contributed by atoms with Gasteiger partial charge in [-0.1, -0.05) is 29.3 Å². The fraction of sp³-hybridized carbons (Fsp3) is 0.368. The molecular formula is C19H24ClNO3. The van der Waals surface area contributed by atoms with E-state index in [0.717, 1.165) is 23.3 Å². The molecule has 5 heteroatoms. The Morgan fingerprint density at radius 1 is 1.00 bits per heavy atom. The van der Waals surface area contributed by atoms with Crippen LogP contribution in [0.25, 0.3) is 0 Å². The van der Waals surface area contributed by atoms with Gasteiger partial charge in [-0.15, -0.1) is 0 Å². The average Bonchev–Trinajstić information content (AvgIpc) is 2.54. The first-order valence-corrected chi connectivity index (χ1v) is 8.32. The molecule has 2 rings (SSSR count). The summed E-state index contributed by atoms with van der Waals surface area (Å²) in [6, 6.07) is 9.85. The van der Waals surface area contributed by atoms with Gasteiger partial charge in [0.05, 0.1) is 12.1 Å². The van der Waals surface area contributed by atoms with Crippen LogP contribution in [-0.2, 0) is 6.42 Å². The number of hydrogen-bond donors (Lipinski definition) is 1. The molecule has 0 aliphatic heterocycles. The highest BCUT2D eigenvalue weighted by Gasteiger charge is 2.12. The summed E-state index contributed by atoms with van der Waals surface area (Å²) in [5.41, 5.74) is 8.93. The third-order valence-electron chi connectivity index (χ3n) is 3.64. The van der Waals surface area contributed by atoms with E-state index in [1.54, 1.807) is 7.11 Å². The SMILES string of the molecule is COc1cc(CCN)cc(Cl)c1OCCOc1ccc(C)cc1C. The fourth-order valence-electron chi connectivity index (χ4n) is 2.48. The quantitative estimate of drug-likeness (QED) is 0.734. The number of ether oxygens (including phenoxy) is 3. The number of methoxy groups -OCH3 is 1. The highest BCUT2D eigenvalue weighted by atomic mass is 35.5. The van der Waals surface area contributed by atoms with Crippen molar-refractivity contribution >= 4 is 11.6 Å². The van der Waals surface area contributed by atoms with Crippen molar-refractivity contribution in [2.45, 2.75) is 20.3 Å². The van der Waals surface area contributed by atoms with Gasteiger partial charge >= 0.3 is 0 Å². The van der Waals surface area contributed by atoms with Gasteiger partial charge in [0.15, 0.2) is 11.5 Å². The van der Waals surface area contributed by atoms with Crippen LogP contribution in [0.15, 0.2) is 30.3 Å². The third-order valence-corrected chi connectivity index (χ3v) is 3.92. The molecule has 0 unspecified atom stereocenters. The van der Waals surface area contributed by atoms with Gasteiger partial charge < -0.3 is 19.9 Å². The molecule has 0 radical (unpaired) electrons. The molecular weight excluding hydrogens is 326 g/mol. The number of halogens is 1. The van der Waals surface area contributed by atoms with Crippen LogP contribution in [0.1, 0.15) is 16.7 Å². The molecule has 0 saturated heterocycles. The van der Waals surface area contributed by atoms with E-state index < -0.39 is 0 Å². The van der Waals surface area contributed by atoms with Gasteiger partial charge in [0, 0.05) is 0 Å². The molecule has 2 aromatic rings. The van der Waals surface area contributed by atoms with Crippen LogP contribution < -0.4 is 19.9 Å². The lowest BCUT2D eigenvalue weighted by Gasteiger charge is -2.15. The van der Waals surface area contributed by atoms with E-state index in [-0.39, 0.29) is 0 Å². The Balaban J connectivity index is 1.96. The van der Waals surface area contributed by atoms with Gasteiger partial charge in [0.25, 0.3) is 0 Å². The zero-order chi connectivity index (χ0) is 17.5. The second kappa shape index (κ2) is 8.81. The Morgan fingerprint density at radius 2 is 1.75 bits per heavy atom. The second-order valence-corrected chi connectivity index (χ2v) is 6.02. The molecule has 130 valence electrons. The first-order chi connectivity index (χ1) is 11.5. The summed E-state index contributed by atoms with van der Waals surface area (Å²) in [5.74, 6) is 2.00. The molecule has 24 heavy (non-hydrogen) atoms. The summed E-state index contributed by atoms with van der Waals surface area (Å²) in [5, 5.41) is 0.518. The summed E-state index contributed by atoms with van der Waals surface area (Å²) in [7, 11) is 1.59. The minimum Gasteiger partial charge on any atom is -0.493 e. The van der Waals surface area contributed by atoms with Gasteiger partial charge in [-0.25, -0.2) is 0 Å². The maximum atomic E-state index is 6.30. The predicted molar refractivity (Wildman–Crippen MR) is 97.7 cm³/mol. The molecule has 0 fully saturated rings. The lowest BCUT2D eigenvalue weighted by molar-refractivity contribution is 0.210. The number of hydrogen-bond acceptors (Lipinski definition) is 4. The molecule has 0 aliphatic rings. The molecule has 2 aromatic carbocycles. The van der Waals surface area contributed by atoms with E-state index in [1.165, 1.54) is 5.56 Å². The van der Waals surface area contributed by atoms with Gasteiger partial charge in [-0.05, 0) is 56.1 Å². The van der Waals surface area contributed by atoms with Crippen LogP contribution in [0.4, 0.5) is 0 Å². The summed E-state index contributed by atoms with van der Waals surface area (Å²) < 4.78 is 16.9. The Morgan fingerprint density at radius 3 is 2.42 bits per heavy atom. The number of benzene rings is 2. The Labute approximate surface area is 148 Å². The minimum atomic E-state index is 0.375. The summed E-state index contributed by atoms with van der Waals surface area (Å²) in [4.78, 5) is 0. The van der Waals surface area contributed by atoms with Crippen molar-refractivity contribution in [3.05, 3.63) is 52.0 Å². The molecule has 0 spiro atoms. The molecule has 0 aliphatic carbocycles. The number of nitrogens with two attached hydrogens (primary N) is 1. The summed E-state index contributed by atoms with van der Waals surface area (Å²) >= 11 is 6.30. The van der Waals surface area contributed by atoms with Crippen molar-refractivity contribution in [1.29, 1.82) is 0 Å². The lowest BCUT2D eigenvalue weighted by atomic mass is 10.1. The summed E-state index contributed by atoms with van der Waals surface area (Å²) in [6.07, 6.45) is 0.742. The number of aryl methyl sites for hydroxylation is 2. The molecule has 0 heterocycles. The maximum Gasteiger partial charge on any atom is 0.179 e. The van der Waals surface area contributed by atoms with Crippen molar-refractivity contribution in [3.8, 4) is 17.2 Å². The van der Waals surface area contributed by atoms with E-state index in [2.05, 4.69) is 13.0 Å². The van der Waals surface area contributed by atoms with Crippen molar-refractivity contribution < 1.29 is 14.2 Å². The van der Waals surface area contributed by atoms with Crippen molar-refractivity contribution in [2.24, 2.45) is 5.73 Å². The van der Waals surface area contributed by atoms with Crippen molar-refractivity contribution in [2.75, 3.05) is 26.9 Å². The molecule has 0 atom stereocenters. The highest BCUT2D eigenvalue weighted by molar-refractivity contribution is 6.32. The standard InChI is InChI=1S/C19H24ClNO3/c1-13-4-5-17(14(2)10-13)23-8-9-24-19-16(20)11-15(6-7-21)12-18(19)22-3/h4-5,10-12H,6-9,21H2,1-3H3. The normalized spacial score (nSPS) is 10.5. The summed E-state index contributed by atoms with van der Waals surface area (Å²) in [6.45, 7) is 5.44. The largest absolute Gasteiger partial charge is 0.493 e. The zero-order valence-corrected chi connectivity index (χ0v) is 15.2. The van der Waals surface area contributed by atoms with Gasteiger partial charge in [-0.2, -0.15) is 0 Å². The van der Waals surface area contributed by atoms with Gasteiger partial charge in [0.2, 0.25) is 0 Å².